The van der Waals surface area contributed by atoms with Crippen LogP contribution >= 0.6 is 11.3 Å². The number of nitrogens with two attached hydrogens (primary N) is 1. The van der Waals surface area contributed by atoms with Gasteiger partial charge in [0.05, 0.1) is 11.6 Å². The van der Waals surface area contributed by atoms with Gasteiger partial charge in [-0.05, 0) is 34.7 Å². The number of carbonyl (C=O) groups excluding carboxylic acids is 2. The highest BCUT2D eigenvalue weighted by Crippen LogP contribution is 2.24. The quantitative estimate of drug-likeness (QED) is 0.640. The van der Waals surface area contributed by atoms with E-state index in [-0.39, 0.29) is 11.9 Å². The third-order valence-corrected chi connectivity index (χ3v) is 6.61. The number of primary amides is 1. The maximum Gasteiger partial charge on any atom is 0.251 e. The van der Waals surface area contributed by atoms with Crippen molar-refractivity contribution in [3.05, 3.63) is 65.0 Å². The highest BCUT2D eigenvalue weighted by atomic mass is 32.1. The van der Waals surface area contributed by atoms with Crippen LogP contribution in [0.5, 0.6) is 0 Å². The molecule has 30 heavy (non-hydrogen) atoms. The van der Waals surface area contributed by atoms with Gasteiger partial charge in [0.2, 0.25) is 5.91 Å². The minimum atomic E-state index is -0.527. The Morgan fingerprint density at radius 1 is 1.07 bits per heavy atom. The minimum absolute atomic E-state index is 0.109. The molecular formula is C23H26N4O2S. The fourth-order valence-corrected chi connectivity index (χ4v) is 4.76. The predicted octanol–water partition coefficient (Wildman–Crippen LogP) is 3.15. The van der Waals surface area contributed by atoms with Crippen molar-refractivity contribution in [1.82, 2.24) is 9.80 Å². The van der Waals surface area contributed by atoms with Crippen LogP contribution in [0.25, 0.3) is 10.8 Å². The number of hydrogen-bond donors (Lipinski definition) is 2. The smallest absolute Gasteiger partial charge is 0.251 e. The van der Waals surface area contributed by atoms with Crippen molar-refractivity contribution in [2.45, 2.75) is 19.5 Å². The number of carbonyl (C=O) groups is 2. The van der Waals surface area contributed by atoms with Crippen LogP contribution in [0.1, 0.15) is 22.8 Å². The predicted molar refractivity (Wildman–Crippen MR) is 122 cm³/mol. The van der Waals surface area contributed by atoms with Crippen LogP contribution in [0.4, 0.5) is 5.00 Å². The molecule has 2 aromatic carbocycles. The number of anilines is 1. The van der Waals surface area contributed by atoms with E-state index in [1.54, 1.807) is 11.4 Å². The average Bonchev–Trinajstić information content (AvgIpc) is 3.22. The van der Waals surface area contributed by atoms with Gasteiger partial charge < -0.3 is 11.1 Å². The first-order chi connectivity index (χ1) is 14.5. The molecule has 0 aliphatic carbocycles. The third kappa shape index (κ3) is 4.38. The Labute approximate surface area is 180 Å². The number of benzene rings is 2. The number of nitrogens with zero attached hydrogens (tertiary/aromatic N) is 2. The third-order valence-electron chi connectivity index (χ3n) is 5.78. The summed E-state index contributed by atoms with van der Waals surface area (Å²) in [6.45, 7) is 6.29. The highest BCUT2D eigenvalue weighted by Gasteiger charge is 2.26. The number of thiophene rings is 1. The molecule has 0 unspecified atom stereocenters. The molecule has 1 fully saturated rings. The molecule has 0 spiro atoms. The second-order valence-corrected chi connectivity index (χ2v) is 8.56. The van der Waals surface area contributed by atoms with Crippen LogP contribution in [-0.2, 0) is 11.3 Å². The normalized spacial score (nSPS) is 16.4. The van der Waals surface area contributed by atoms with Crippen molar-refractivity contribution < 1.29 is 9.59 Å². The SMILES string of the molecule is C[C@@H](C(=O)Nc1sccc1C(N)=O)N1CCN(Cc2cccc3ccccc23)CC1. The summed E-state index contributed by atoms with van der Waals surface area (Å²) in [7, 11) is 0. The molecule has 4 rings (SSSR count). The van der Waals surface area contributed by atoms with E-state index in [1.165, 1.54) is 27.7 Å². The maximum atomic E-state index is 12.7. The van der Waals surface area contributed by atoms with Crippen molar-refractivity contribution in [2.75, 3.05) is 31.5 Å². The van der Waals surface area contributed by atoms with Crippen LogP contribution in [0.15, 0.2) is 53.9 Å². The van der Waals surface area contributed by atoms with Crippen LogP contribution in [0.3, 0.4) is 0 Å². The van der Waals surface area contributed by atoms with Crippen LogP contribution in [-0.4, -0.2) is 53.8 Å². The van der Waals surface area contributed by atoms with Crippen LogP contribution in [0.2, 0.25) is 0 Å². The first-order valence-electron chi connectivity index (χ1n) is 10.1. The second-order valence-electron chi connectivity index (χ2n) is 7.64. The van der Waals surface area contributed by atoms with Crippen LogP contribution in [0, 0.1) is 0 Å². The molecule has 156 valence electrons. The Morgan fingerprint density at radius 3 is 2.57 bits per heavy atom. The second kappa shape index (κ2) is 8.95. The van der Waals surface area contributed by atoms with E-state index in [0.717, 1.165) is 32.7 Å². The Morgan fingerprint density at radius 2 is 1.80 bits per heavy atom. The number of piperazine rings is 1. The number of rotatable bonds is 6. The van der Waals surface area contributed by atoms with E-state index in [1.807, 2.05) is 6.92 Å². The maximum absolute atomic E-state index is 12.7. The first-order valence-corrected chi connectivity index (χ1v) is 11.0. The van der Waals surface area contributed by atoms with Gasteiger partial charge in [-0.1, -0.05) is 42.5 Å². The number of hydrogen-bond acceptors (Lipinski definition) is 5. The zero-order chi connectivity index (χ0) is 21.1. The van der Waals surface area contributed by atoms with E-state index in [4.69, 9.17) is 5.73 Å². The number of nitrogens with one attached hydrogen (secondary N) is 1. The molecule has 1 aliphatic heterocycles. The summed E-state index contributed by atoms with van der Waals surface area (Å²) in [5.41, 5.74) is 7.07. The molecule has 3 aromatic rings. The molecule has 0 bridgehead atoms. The minimum Gasteiger partial charge on any atom is -0.366 e. The summed E-state index contributed by atoms with van der Waals surface area (Å²) < 4.78 is 0. The summed E-state index contributed by atoms with van der Waals surface area (Å²) in [4.78, 5) is 28.8. The lowest BCUT2D eigenvalue weighted by Gasteiger charge is -2.37. The topological polar surface area (TPSA) is 78.7 Å². The Kier molecular flexibility index (Phi) is 6.13. The van der Waals surface area contributed by atoms with Crippen molar-refractivity contribution in [1.29, 1.82) is 0 Å². The van der Waals surface area contributed by atoms with Gasteiger partial charge in [0, 0.05) is 32.7 Å². The molecule has 1 aromatic heterocycles. The zero-order valence-electron chi connectivity index (χ0n) is 17.0. The van der Waals surface area contributed by atoms with E-state index in [0.29, 0.717) is 10.6 Å². The standard InChI is InChI=1S/C23H26N4O2S/c1-16(22(29)25-23-20(21(24)28)9-14-30-23)27-12-10-26(11-13-27)15-18-7-4-6-17-5-2-3-8-19(17)18/h2-9,14,16H,10-13,15H2,1H3,(H2,24,28)(H,25,29)/t16-/m0/s1. The molecule has 2 amide bonds. The Bertz CT molecular complexity index is 1050. The molecule has 3 N–H and O–H groups in total. The Hall–Kier alpha value is -2.74. The van der Waals surface area contributed by atoms with Gasteiger partial charge in [0.1, 0.15) is 5.00 Å². The molecule has 1 aliphatic rings. The molecule has 1 atom stereocenters. The molecule has 0 saturated carbocycles. The van der Waals surface area contributed by atoms with Gasteiger partial charge >= 0.3 is 0 Å². The largest absolute Gasteiger partial charge is 0.366 e. The lowest BCUT2D eigenvalue weighted by molar-refractivity contribution is -0.121. The monoisotopic (exact) mass is 422 g/mol. The van der Waals surface area contributed by atoms with Gasteiger partial charge in [0.25, 0.3) is 5.91 Å². The van der Waals surface area contributed by atoms with Crippen molar-refractivity contribution in [3.8, 4) is 0 Å². The van der Waals surface area contributed by atoms with Gasteiger partial charge in [-0.3, -0.25) is 19.4 Å². The Balaban J connectivity index is 1.34. The summed E-state index contributed by atoms with van der Waals surface area (Å²) in [5, 5.41) is 7.71. The molecule has 6 nitrogen and oxygen atoms in total. The van der Waals surface area contributed by atoms with Crippen LogP contribution < -0.4 is 11.1 Å². The van der Waals surface area contributed by atoms with Crippen molar-refractivity contribution >= 4 is 38.9 Å². The van der Waals surface area contributed by atoms with Gasteiger partial charge in [-0.15, -0.1) is 11.3 Å². The molecule has 0 radical (unpaired) electrons. The zero-order valence-corrected chi connectivity index (χ0v) is 17.8. The molecule has 2 heterocycles. The van der Waals surface area contributed by atoms with Crippen molar-refractivity contribution in [3.63, 3.8) is 0 Å². The van der Waals surface area contributed by atoms with Gasteiger partial charge in [0.15, 0.2) is 0 Å². The number of amides is 2. The highest BCUT2D eigenvalue weighted by molar-refractivity contribution is 7.14. The van der Waals surface area contributed by atoms with E-state index in [9.17, 15) is 9.59 Å². The van der Waals surface area contributed by atoms with Crippen molar-refractivity contribution in [2.24, 2.45) is 5.73 Å². The fraction of sp³-hybridized carbons (Fsp3) is 0.304. The summed E-state index contributed by atoms with van der Waals surface area (Å²) in [6, 6.07) is 16.3. The van der Waals surface area contributed by atoms with Gasteiger partial charge in [-0.2, -0.15) is 0 Å². The van der Waals surface area contributed by atoms with E-state index in [2.05, 4.69) is 57.6 Å². The number of fused-ring (bicyclic) bond motifs is 1. The average molecular weight is 423 g/mol. The summed E-state index contributed by atoms with van der Waals surface area (Å²) in [6.07, 6.45) is 0. The lowest BCUT2D eigenvalue weighted by Crippen LogP contribution is -2.52. The molecular weight excluding hydrogens is 396 g/mol. The summed E-state index contributed by atoms with van der Waals surface area (Å²) >= 11 is 1.31. The van der Waals surface area contributed by atoms with Gasteiger partial charge in [-0.25, -0.2) is 0 Å². The van der Waals surface area contributed by atoms with E-state index >= 15 is 0 Å². The fourth-order valence-electron chi connectivity index (χ4n) is 3.96. The molecule has 1 saturated heterocycles. The van der Waals surface area contributed by atoms with E-state index < -0.39 is 5.91 Å². The lowest BCUT2D eigenvalue weighted by atomic mass is 10.0. The summed E-state index contributed by atoms with van der Waals surface area (Å²) in [5.74, 6) is -0.635. The molecule has 7 heteroatoms. The first kappa shape index (κ1) is 20.5.